The van der Waals surface area contributed by atoms with Gasteiger partial charge in [-0.2, -0.15) is 0 Å². The first-order chi connectivity index (χ1) is 34.7. The lowest BCUT2D eigenvalue weighted by molar-refractivity contribution is 0.667. The lowest BCUT2D eigenvalue weighted by Crippen LogP contribution is -1.95. The van der Waals surface area contributed by atoms with Crippen LogP contribution in [0.4, 0.5) is 0 Å². The predicted octanol–water partition coefficient (Wildman–Crippen LogP) is 16.7. The third-order valence-electron chi connectivity index (χ3n) is 14.3. The number of para-hydroxylation sites is 5. The number of hydrogen-bond acceptors (Lipinski definition) is 3. The zero-order valence-electron chi connectivity index (χ0n) is 37.7. The van der Waals surface area contributed by atoms with E-state index < -0.39 is 0 Å². The van der Waals surface area contributed by atoms with Gasteiger partial charge in [-0.25, -0.2) is 9.97 Å². The molecule has 0 fully saturated rings. The maximum atomic E-state index is 6.69. The Kier molecular flexibility index (Phi) is 8.26. The Morgan fingerprint density at radius 2 is 0.743 bits per heavy atom. The van der Waals surface area contributed by atoms with E-state index in [4.69, 9.17) is 14.4 Å². The van der Waals surface area contributed by atoms with Gasteiger partial charge in [-0.15, -0.1) is 0 Å². The highest BCUT2D eigenvalue weighted by atomic mass is 16.3. The molecule has 0 atom stereocenters. The summed E-state index contributed by atoms with van der Waals surface area (Å²) in [5.41, 5.74) is 18.8. The molecule has 0 saturated heterocycles. The minimum absolute atomic E-state index is 0.666. The lowest BCUT2D eigenvalue weighted by Gasteiger charge is -2.11. The standard InChI is InChI=1S/C64H39N5O/c1-2-16-45(17-3-1)67-58-27-11-7-23-51(58)53-36-41(29-32-59(53)67)43-28-31-52-50-22-6-10-26-57(50)69(60(52)38-43)47-19-13-15-44(35-47)62-64-63(66-39-65-62)54-37-42(30-33-61(54)70-64)40-14-12-18-46(34-40)68-55-24-8-4-20-48(55)49-21-5-9-25-56(49)68/h1-39H. The Bertz CT molecular complexity index is 4550. The van der Waals surface area contributed by atoms with E-state index in [0.717, 1.165) is 72.5 Å². The van der Waals surface area contributed by atoms with Gasteiger partial charge in [0.2, 0.25) is 0 Å². The van der Waals surface area contributed by atoms with Crippen LogP contribution in [0, 0.1) is 0 Å². The van der Waals surface area contributed by atoms with E-state index in [2.05, 4.69) is 244 Å². The molecule has 70 heavy (non-hydrogen) atoms. The van der Waals surface area contributed by atoms with Crippen LogP contribution in [-0.4, -0.2) is 23.7 Å². The number of benzene rings is 10. The molecule has 6 heteroatoms. The Morgan fingerprint density at radius 1 is 0.286 bits per heavy atom. The largest absolute Gasteiger partial charge is 0.452 e. The van der Waals surface area contributed by atoms with Gasteiger partial charge < -0.3 is 18.1 Å². The van der Waals surface area contributed by atoms with E-state index in [1.165, 1.54) is 59.9 Å². The second-order valence-corrected chi connectivity index (χ2v) is 18.2. The van der Waals surface area contributed by atoms with Crippen LogP contribution < -0.4 is 0 Å². The first-order valence-electron chi connectivity index (χ1n) is 23.7. The Morgan fingerprint density at radius 3 is 1.41 bits per heavy atom. The van der Waals surface area contributed by atoms with Crippen molar-refractivity contribution in [3.05, 3.63) is 237 Å². The number of aromatic nitrogens is 5. The van der Waals surface area contributed by atoms with Crippen LogP contribution in [0.3, 0.4) is 0 Å². The molecule has 0 aliphatic carbocycles. The molecule has 5 aromatic heterocycles. The van der Waals surface area contributed by atoms with Gasteiger partial charge in [0, 0.05) is 60.3 Å². The van der Waals surface area contributed by atoms with E-state index >= 15 is 0 Å². The van der Waals surface area contributed by atoms with Gasteiger partial charge >= 0.3 is 0 Å². The predicted molar refractivity (Wildman–Crippen MR) is 289 cm³/mol. The molecule has 0 unspecified atom stereocenters. The van der Waals surface area contributed by atoms with Gasteiger partial charge in [-0.1, -0.05) is 140 Å². The highest BCUT2D eigenvalue weighted by Gasteiger charge is 2.20. The Balaban J connectivity index is 0.831. The fourth-order valence-electron chi connectivity index (χ4n) is 11.2. The molecule has 0 radical (unpaired) electrons. The Labute approximate surface area is 401 Å². The van der Waals surface area contributed by atoms with Gasteiger partial charge in [0.15, 0.2) is 5.58 Å². The van der Waals surface area contributed by atoms with E-state index in [-0.39, 0.29) is 0 Å². The molecular weight excluding hydrogens is 855 g/mol. The molecule has 0 amide bonds. The second kappa shape index (κ2) is 15.0. The zero-order chi connectivity index (χ0) is 45.9. The van der Waals surface area contributed by atoms with Crippen molar-refractivity contribution in [1.29, 1.82) is 0 Å². The molecule has 6 nitrogen and oxygen atoms in total. The molecule has 5 heterocycles. The van der Waals surface area contributed by atoms with Crippen LogP contribution in [0.1, 0.15) is 0 Å². The Hall–Kier alpha value is -9.52. The lowest BCUT2D eigenvalue weighted by atomic mass is 10.0. The SMILES string of the molecule is c1ccc(-n2c3ccccc3c3cc(-c4ccc5c6ccccc6n(-c6cccc(-c7ncnc8c7oc7ccc(-c9cccc(-n%10c%11ccccc%11c%11ccccc%11%10)c9)cc78)c6)c5c4)ccc32)cc1. The van der Waals surface area contributed by atoms with Crippen molar-refractivity contribution in [3.63, 3.8) is 0 Å². The van der Waals surface area contributed by atoms with Crippen molar-refractivity contribution in [2.45, 2.75) is 0 Å². The average Bonchev–Trinajstić information content (AvgIpc) is 4.17. The second-order valence-electron chi connectivity index (χ2n) is 18.2. The highest BCUT2D eigenvalue weighted by Crippen LogP contribution is 2.41. The average molecular weight is 894 g/mol. The molecule has 15 rings (SSSR count). The van der Waals surface area contributed by atoms with Crippen LogP contribution >= 0.6 is 0 Å². The molecule has 0 spiro atoms. The van der Waals surface area contributed by atoms with Crippen molar-refractivity contribution in [2.75, 3.05) is 0 Å². The summed E-state index contributed by atoms with van der Waals surface area (Å²) in [6.07, 6.45) is 1.66. The van der Waals surface area contributed by atoms with E-state index in [1.54, 1.807) is 6.33 Å². The number of fused-ring (bicyclic) bond motifs is 12. The number of furan rings is 1. The number of rotatable bonds is 6. The maximum absolute atomic E-state index is 6.69. The summed E-state index contributed by atoms with van der Waals surface area (Å²) in [6.45, 7) is 0. The summed E-state index contributed by atoms with van der Waals surface area (Å²) in [7, 11) is 0. The molecule has 0 saturated carbocycles. The van der Waals surface area contributed by atoms with Crippen molar-refractivity contribution >= 4 is 87.5 Å². The molecule has 0 aliphatic heterocycles. The first-order valence-corrected chi connectivity index (χ1v) is 23.7. The van der Waals surface area contributed by atoms with Crippen molar-refractivity contribution in [1.82, 2.24) is 23.7 Å². The fourth-order valence-corrected chi connectivity index (χ4v) is 11.2. The molecule has 326 valence electrons. The van der Waals surface area contributed by atoms with Crippen LogP contribution in [-0.2, 0) is 0 Å². The quantitative estimate of drug-likeness (QED) is 0.167. The van der Waals surface area contributed by atoms with Gasteiger partial charge in [0.05, 0.1) is 33.1 Å². The first kappa shape index (κ1) is 38.6. The van der Waals surface area contributed by atoms with E-state index in [1.807, 2.05) is 0 Å². The zero-order valence-corrected chi connectivity index (χ0v) is 37.7. The summed E-state index contributed by atoms with van der Waals surface area (Å²) in [5, 5.41) is 8.31. The van der Waals surface area contributed by atoms with Crippen molar-refractivity contribution in [2.24, 2.45) is 0 Å². The molecule has 0 N–H and O–H groups in total. The fraction of sp³-hybridized carbons (Fsp3) is 0. The van der Waals surface area contributed by atoms with Gasteiger partial charge in [0.1, 0.15) is 23.1 Å². The van der Waals surface area contributed by atoms with Crippen LogP contribution in [0.5, 0.6) is 0 Å². The molecule has 10 aromatic carbocycles. The van der Waals surface area contributed by atoms with Crippen LogP contribution in [0.2, 0.25) is 0 Å². The summed E-state index contributed by atoms with van der Waals surface area (Å²) in [4.78, 5) is 9.74. The highest BCUT2D eigenvalue weighted by molar-refractivity contribution is 6.13. The topological polar surface area (TPSA) is 53.7 Å². The van der Waals surface area contributed by atoms with Gasteiger partial charge in [-0.05, 0) is 113 Å². The summed E-state index contributed by atoms with van der Waals surface area (Å²) in [6, 6.07) is 82.9. The van der Waals surface area contributed by atoms with Gasteiger partial charge in [-0.3, -0.25) is 0 Å². The summed E-state index contributed by atoms with van der Waals surface area (Å²) < 4.78 is 13.8. The number of hydrogen-bond donors (Lipinski definition) is 0. The minimum Gasteiger partial charge on any atom is -0.452 e. The van der Waals surface area contributed by atoms with Crippen LogP contribution in [0.15, 0.2) is 241 Å². The van der Waals surface area contributed by atoms with Crippen LogP contribution in [0.25, 0.3) is 138 Å². The van der Waals surface area contributed by atoms with Crippen molar-refractivity contribution < 1.29 is 4.42 Å². The van der Waals surface area contributed by atoms with Gasteiger partial charge in [0.25, 0.3) is 0 Å². The van der Waals surface area contributed by atoms with Crippen molar-refractivity contribution in [3.8, 4) is 50.6 Å². The third kappa shape index (κ3) is 5.74. The number of nitrogens with zero attached hydrogens (tertiary/aromatic N) is 5. The monoisotopic (exact) mass is 893 g/mol. The third-order valence-corrected chi connectivity index (χ3v) is 14.3. The molecule has 15 aromatic rings. The summed E-state index contributed by atoms with van der Waals surface area (Å²) >= 11 is 0. The normalized spacial score (nSPS) is 12.0. The van der Waals surface area contributed by atoms with E-state index in [0.29, 0.717) is 5.58 Å². The maximum Gasteiger partial charge on any atom is 0.180 e. The molecule has 0 bridgehead atoms. The van der Waals surface area contributed by atoms with E-state index in [9.17, 15) is 0 Å². The summed E-state index contributed by atoms with van der Waals surface area (Å²) in [5.74, 6) is 0. The molecular formula is C64H39N5O. The minimum atomic E-state index is 0.666. The molecule has 0 aliphatic rings. The smallest absolute Gasteiger partial charge is 0.180 e.